The summed E-state index contributed by atoms with van der Waals surface area (Å²) < 4.78 is 0. The van der Waals surface area contributed by atoms with Gasteiger partial charge in [0, 0.05) is 22.0 Å². The van der Waals surface area contributed by atoms with Crippen molar-refractivity contribution in [1.82, 2.24) is 15.3 Å². The fourth-order valence-electron chi connectivity index (χ4n) is 3.08. The number of aromatic nitrogens is 2. The van der Waals surface area contributed by atoms with E-state index in [2.05, 4.69) is 43.4 Å². The lowest BCUT2D eigenvalue weighted by Gasteiger charge is -2.34. The summed E-state index contributed by atoms with van der Waals surface area (Å²) in [4.78, 5) is 11.0. The van der Waals surface area contributed by atoms with Crippen LogP contribution in [0.15, 0.2) is 5.38 Å². The maximum Gasteiger partial charge on any atom is 0.0999 e. The first-order valence-corrected chi connectivity index (χ1v) is 9.29. The topological polar surface area (TPSA) is 37.8 Å². The Morgan fingerprint density at radius 3 is 2.81 bits per heavy atom. The second-order valence-corrected chi connectivity index (χ2v) is 8.69. The average Bonchev–Trinajstić information content (AvgIpc) is 2.95. The standard InChI is InChI=1S/C16H23N3S2/c1-5-17-11-7-16(3,4)8-12-15(11)21-14(19-12)6-13-18-10(2)9-20-13/h9,11,17H,5-8H2,1-4H3. The third kappa shape index (κ3) is 3.35. The molecule has 5 heteroatoms. The largest absolute Gasteiger partial charge is 0.309 e. The highest BCUT2D eigenvalue weighted by atomic mass is 32.1. The van der Waals surface area contributed by atoms with Crippen molar-refractivity contribution in [3.05, 3.63) is 31.7 Å². The molecule has 1 atom stereocenters. The molecule has 21 heavy (non-hydrogen) atoms. The van der Waals surface area contributed by atoms with E-state index in [1.165, 1.54) is 27.0 Å². The molecule has 3 rings (SSSR count). The summed E-state index contributed by atoms with van der Waals surface area (Å²) in [6.45, 7) is 9.95. The van der Waals surface area contributed by atoms with Crippen molar-refractivity contribution in [2.24, 2.45) is 5.41 Å². The van der Waals surface area contributed by atoms with Crippen LogP contribution < -0.4 is 5.32 Å². The maximum atomic E-state index is 4.93. The minimum atomic E-state index is 0.336. The van der Waals surface area contributed by atoms with E-state index in [-0.39, 0.29) is 0 Å². The molecule has 114 valence electrons. The molecule has 0 spiro atoms. The predicted octanol–water partition coefficient (Wildman–Crippen LogP) is 4.12. The Bertz CT molecular complexity index is 627. The molecule has 2 aromatic rings. The number of fused-ring (bicyclic) bond motifs is 1. The quantitative estimate of drug-likeness (QED) is 0.920. The molecule has 0 aliphatic heterocycles. The summed E-state index contributed by atoms with van der Waals surface area (Å²) in [6.07, 6.45) is 3.18. The molecule has 0 saturated heterocycles. The third-order valence-electron chi connectivity index (χ3n) is 3.91. The first-order valence-electron chi connectivity index (χ1n) is 7.60. The van der Waals surface area contributed by atoms with Crippen molar-refractivity contribution in [3.63, 3.8) is 0 Å². The van der Waals surface area contributed by atoms with Gasteiger partial charge >= 0.3 is 0 Å². The molecule has 2 aromatic heterocycles. The fourth-order valence-corrected chi connectivity index (χ4v) is 5.11. The third-order valence-corrected chi connectivity index (χ3v) is 6.09. The van der Waals surface area contributed by atoms with E-state index in [0.29, 0.717) is 11.5 Å². The molecule has 0 amide bonds. The van der Waals surface area contributed by atoms with E-state index in [1.807, 2.05) is 11.3 Å². The number of rotatable bonds is 4. The minimum Gasteiger partial charge on any atom is -0.309 e. The van der Waals surface area contributed by atoms with Crippen LogP contribution in [-0.2, 0) is 12.8 Å². The zero-order chi connectivity index (χ0) is 15.0. The number of thiazole rings is 2. The molecule has 1 unspecified atom stereocenters. The van der Waals surface area contributed by atoms with Crippen molar-refractivity contribution in [1.29, 1.82) is 0 Å². The van der Waals surface area contributed by atoms with Crippen molar-refractivity contribution < 1.29 is 0 Å². The maximum absolute atomic E-state index is 4.93. The van der Waals surface area contributed by atoms with Gasteiger partial charge in [-0.1, -0.05) is 20.8 Å². The molecule has 0 bridgehead atoms. The Kier molecular flexibility index (Phi) is 4.17. The molecule has 3 nitrogen and oxygen atoms in total. The van der Waals surface area contributed by atoms with Crippen LogP contribution in [-0.4, -0.2) is 16.5 Å². The highest BCUT2D eigenvalue weighted by molar-refractivity contribution is 7.12. The Hall–Kier alpha value is -0.780. The number of hydrogen-bond donors (Lipinski definition) is 1. The van der Waals surface area contributed by atoms with E-state index in [1.54, 1.807) is 11.3 Å². The summed E-state index contributed by atoms with van der Waals surface area (Å²) in [7, 11) is 0. The molecule has 1 N–H and O–H groups in total. The van der Waals surface area contributed by atoms with Gasteiger partial charge in [0.1, 0.15) is 0 Å². The number of hydrogen-bond acceptors (Lipinski definition) is 5. The van der Waals surface area contributed by atoms with Crippen LogP contribution in [0.4, 0.5) is 0 Å². The van der Waals surface area contributed by atoms with E-state index >= 15 is 0 Å². The van der Waals surface area contributed by atoms with Crippen molar-refractivity contribution in [2.45, 2.75) is 53.0 Å². The van der Waals surface area contributed by atoms with E-state index in [4.69, 9.17) is 4.98 Å². The smallest absolute Gasteiger partial charge is 0.0999 e. The summed E-state index contributed by atoms with van der Waals surface area (Å²) in [5.41, 5.74) is 2.76. The number of nitrogens with one attached hydrogen (secondary N) is 1. The van der Waals surface area contributed by atoms with E-state index in [9.17, 15) is 0 Å². The zero-order valence-corrected chi connectivity index (χ0v) is 14.8. The Labute approximate surface area is 134 Å². The van der Waals surface area contributed by atoms with Gasteiger partial charge < -0.3 is 5.32 Å². The summed E-state index contributed by atoms with van der Waals surface area (Å²) in [6, 6.07) is 0.470. The van der Waals surface area contributed by atoms with Gasteiger partial charge in [-0.05, 0) is 31.7 Å². The number of nitrogens with zero attached hydrogens (tertiary/aromatic N) is 2. The molecular weight excluding hydrogens is 298 g/mol. The minimum absolute atomic E-state index is 0.336. The van der Waals surface area contributed by atoms with Gasteiger partial charge in [0.2, 0.25) is 0 Å². The lowest BCUT2D eigenvalue weighted by molar-refractivity contribution is 0.260. The molecule has 0 aromatic carbocycles. The van der Waals surface area contributed by atoms with Crippen molar-refractivity contribution in [3.8, 4) is 0 Å². The second-order valence-electron chi connectivity index (χ2n) is 6.63. The van der Waals surface area contributed by atoms with Crippen LogP contribution in [0.3, 0.4) is 0 Å². The summed E-state index contributed by atoms with van der Waals surface area (Å²) >= 11 is 3.62. The molecule has 1 aliphatic carbocycles. The fraction of sp³-hybridized carbons (Fsp3) is 0.625. The highest BCUT2D eigenvalue weighted by Gasteiger charge is 2.34. The molecule has 2 heterocycles. The van der Waals surface area contributed by atoms with Gasteiger partial charge in [-0.15, -0.1) is 22.7 Å². The van der Waals surface area contributed by atoms with Gasteiger partial charge in [0.05, 0.1) is 22.1 Å². The lowest BCUT2D eigenvalue weighted by atomic mass is 9.76. The van der Waals surface area contributed by atoms with Gasteiger partial charge in [0.15, 0.2) is 0 Å². The van der Waals surface area contributed by atoms with E-state index in [0.717, 1.165) is 25.1 Å². The van der Waals surface area contributed by atoms with Gasteiger partial charge in [0.25, 0.3) is 0 Å². The zero-order valence-electron chi connectivity index (χ0n) is 13.2. The number of aryl methyl sites for hydroxylation is 1. The van der Waals surface area contributed by atoms with Crippen LogP contribution in [0.25, 0.3) is 0 Å². The van der Waals surface area contributed by atoms with Crippen LogP contribution in [0, 0.1) is 12.3 Å². The predicted molar refractivity (Wildman–Crippen MR) is 90.3 cm³/mol. The van der Waals surface area contributed by atoms with Gasteiger partial charge in [-0.3, -0.25) is 0 Å². The van der Waals surface area contributed by atoms with Crippen LogP contribution in [0.5, 0.6) is 0 Å². The normalized spacial score (nSPS) is 20.5. The molecule has 1 aliphatic rings. The van der Waals surface area contributed by atoms with E-state index < -0.39 is 0 Å². The first kappa shape index (κ1) is 15.1. The van der Waals surface area contributed by atoms with Crippen LogP contribution in [0.1, 0.15) is 59.5 Å². The molecule has 0 saturated carbocycles. The molecule has 0 fully saturated rings. The Morgan fingerprint density at radius 1 is 1.33 bits per heavy atom. The first-order chi connectivity index (χ1) is 9.97. The SMILES string of the molecule is CCNC1CC(C)(C)Cc2nc(Cc3nc(C)cs3)sc21. The average molecular weight is 322 g/mol. The monoisotopic (exact) mass is 321 g/mol. The lowest BCUT2D eigenvalue weighted by Crippen LogP contribution is -2.32. The van der Waals surface area contributed by atoms with Crippen LogP contribution in [0.2, 0.25) is 0 Å². The summed E-state index contributed by atoms with van der Waals surface area (Å²) in [5, 5.41) is 8.15. The van der Waals surface area contributed by atoms with Crippen LogP contribution >= 0.6 is 22.7 Å². The Morgan fingerprint density at radius 2 is 2.14 bits per heavy atom. The Balaban J connectivity index is 1.86. The van der Waals surface area contributed by atoms with Crippen molar-refractivity contribution >= 4 is 22.7 Å². The van der Waals surface area contributed by atoms with Gasteiger partial charge in [-0.2, -0.15) is 0 Å². The summed E-state index contributed by atoms with van der Waals surface area (Å²) in [5.74, 6) is 0. The highest BCUT2D eigenvalue weighted by Crippen LogP contribution is 2.43. The second kappa shape index (κ2) is 5.78. The molecular formula is C16H23N3S2. The molecule has 0 radical (unpaired) electrons. The van der Waals surface area contributed by atoms with Gasteiger partial charge in [-0.25, -0.2) is 9.97 Å². The van der Waals surface area contributed by atoms with Crippen molar-refractivity contribution in [2.75, 3.05) is 6.54 Å².